The van der Waals surface area contributed by atoms with E-state index in [9.17, 15) is 9.59 Å². The monoisotopic (exact) mass is 256 g/mol. The van der Waals surface area contributed by atoms with Crippen molar-refractivity contribution in [1.82, 2.24) is 10.3 Å². The van der Waals surface area contributed by atoms with Gasteiger partial charge in [-0.25, -0.2) is 4.79 Å². The maximum Gasteiger partial charge on any atom is 0.328 e. The zero-order valence-electron chi connectivity index (χ0n) is 10.1. The first-order chi connectivity index (χ1) is 9.15. The quantitative estimate of drug-likeness (QED) is 0.752. The summed E-state index contributed by atoms with van der Waals surface area (Å²) in [5.41, 5.74) is 7.06. The molecule has 0 radical (unpaired) electrons. The highest BCUT2D eigenvalue weighted by atomic mass is 16.2. The average Bonchev–Trinajstić information content (AvgIpc) is 2.38. The molecule has 0 spiro atoms. The lowest BCUT2D eigenvalue weighted by Crippen LogP contribution is -2.49. The molecule has 19 heavy (non-hydrogen) atoms. The van der Waals surface area contributed by atoms with E-state index in [-0.39, 0.29) is 12.3 Å². The molecule has 1 saturated heterocycles. The number of pyridine rings is 1. The lowest BCUT2D eigenvalue weighted by molar-refractivity contribution is -0.120. The number of imide groups is 1. The highest BCUT2D eigenvalue weighted by Crippen LogP contribution is 2.28. The molecule has 1 aromatic heterocycles. The Morgan fingerprint density at radius 2 is 2.11 bits per heavy atom. The van der Waals surface area contributed by atoms with Gasteiger partial charge in [0.15, 0.2) is 0 Å². The third kappa shape index (κ3) is 1.97. The van der Waals surface area contributed by atoms with Crippen molar-refractivity contribution in [2.24, 2.45) is 0 Å². The minimum atomic E-state index is -0.414. The Bertz CT molecular complexity index is 683. The summed E-state index contributed by atoms with van der Waals surface area (Å²) in [5.74, 6) is -0.251. The summed E-state index contributed by atoms with van der Waals surface area (Å²) in [6.45, 7) is 0.357. The Morgan fingerprint density at radius 1 is 1.26 bits per heavy atom. The standard InChI is InChI=1S/C13H12N4O2/c14-9-1-2-10-8(5-9)6-15-7-11(10)17-4-3-12(18)16-13(17)19/h1-2,5-7H,3-4,14H2,(H,16,18,19). The molecule has 1 aliphatic heterocycles. The third-order valence-electron chi connectivity index (χ3n) is 3.11. The van der Waals surface area contributed by atoms with Crippen LogP contribution in [0.4, 0.5) is 16.2 Å². The molecule has 3 N–H and O–H groups in total. The van der Waals surface area contributed by atoms with Crippen LogP contribution < -0.4 is 16.0 Å². The molecule has 1 aliphatic rings. The highest BCUT2D eigenvalue weighted by molar-refractivity contribution is 6.09. The number of carbonyl (C=O) groups is 2. The first kappa shape index (κ1) is 11.5. The minimum Gasteiger partial charge on any atom is -0.399 e. The Kier molecular flexibility index (Phi) is 2.56. The number of fused-ring (bicyclic) bond motifs is 1. The fourth-order valence-corrected chi connectivity index (χ4v) is 2.19. The van der Waals surface area contributed by atoms with Gasteiger partial charge in [0, 0.05) is 35.6 Å². The fraction of sp³-hybridized carbons (Fsp3) is 0.154. The van der Waals surface area contributed by atoms with Gasteiger partial charge < -0.3 is 5.73 Å². The number of carbonyl (C=O) groups excluding carboxylic acids is 2. The van der Waals surface area contributed by atoms with E-state index in [0.29, 0.717) is 17.9 Å². The number of urea groups is 1. The Labute approximate surface area is 109 Å². The number of nitrogens with two attached hydrogens (primary N) is 1. The molecule has 1 fully saturated rings. The molecule has 2 aromatic rings. The SMILES string of the molecule is Nc1ccc2c(N3CCC(=O)NC3=O)cncc2c1. The Morgan fingerprint density at radius 3 is 2.89 bits per heavy atom. The van der Waals surface area contributed by atoms with Crippen molar-refractivity contribution < 1.29 is 9.59 Å². The summed E-state index contributed by atoms with van der Waals surface area (Å²) in [6, 6.07) is 5.02. The second-order valence-corrected chi connectivity index (χ2v) is 4.39. The van der Waals surface area contributed by atoms with E-state index in [2.05, 4.69) is 10.3 Å². The van der Waals surface area contributed by atoms with E-state index in [1.54, 1.807) is 24.5 Å². The molecule has 0 bridgehead atoms. The normalized spacial score (nSPS) is 15.7. The van der Waals surface area contributed by atoms with Crippen LogP contribution in [0.5, 0.6) is 0 Å². The summed E-state index contributed by atoms with van der Waals surface area (Å²) in [6.07, 6.45) is 3.60. The number of nitrogens with zero attached hydrogens (tertiary/aromatic N) is 2. The van der Waals surface area contributed by atoms with Crippen LogP contribution in [-0.4, -0.2) is 23.5 Å². The minimum absolute atomic E-state index is 0.251. The molecule has 1 aromatic carbocycles. The predicted molar refractivity (Wildman–Crippen MR) is 71.7 cm³/mol. The highest BCUT2D eigenvalue weighted by Gasteiger charge is 2.25. The molecule has 0 unspecified atom stereocenters. The van der Waals surface area contributed by atoms with E-state index < -0.39 is 6.03 Å². The van der Waals surface area contributed by atoms with Gasteiger partial charge in [-0.1, -0.05) is 6.07 Å². The van der Waals surface area contributed by atoms with E-state index in [1.165, 1.54) is 4.90 Å². The van der Waals surface area contributed by atoms with Crippen LogP contribution in [0.3, 0.4) is 0 Å². The van der Waals surface area contributed by atoms with Crippen LogP contribution in [0, 0.1) is 0 Å². The summed E-state index contributed by atoms with van der Waals surface area (Å²) < 4.78 is 0. The summed E-state index contributed by atoms with van der Waals surface area (Å²) in [5, 5.41) is 4.05. The van der Waals surface area contributed by atoms with Gasteiger partial charge in [-0.2, -0.15) is 0 Å². The molecular weight excluding hydrogens is 244 g/mol. The van der Waals surface area contributed by atoms with Gasteiger partial charge in [0.05, 0.1) is 11.9 Å². The van der Waals surface area contributed by atoms with Gasteiger partial charge in [-0.3, -0.25) is 20.0 Å². The number of rotatable bonds is 1. The molecule has 96 valence electrons. The third-order valence-corrected chi connectivity index (χ3v) is 3.11. The van der Waals surface area contributed by atoms with Crippen molar-refractivity contribution in [3.05, 3.63) is 30.6 Å². The molecule has 3 rings (SSSR count). The van der Waals surface area contributed by atoms with E-state index in [0.717, 1.165) is 10.8 Å². The maximum atomic E-state index is 11.9. The van der Waals surface area contributed by atoms with Crippen molar-refractivity contribution in [2.75, 3.05) is 17.2 Å². The van der Waals surface area contributed by atoms with E-state index >= 15 is 0 Å². The second-order valence-electron chi connectivity index (χ2n) is 4.39. The zero-order chi connectivity index (χ0) is 13.4. The molecule has 2 heterocycles. The molecule has 3 amide bonds. The zero-order valence-corrected chi connectivity index (χ0v) is 10.1. The van der Waals surface area contributed by atoms with Crippen molar-refractivity contribution in [3.63, 3.8) is 0 Å². The van der Waals surface area contributed by atoms with Gasteiger partial charge in [-0.15, -0.1) is 0 Å². The number of hydrogen-bond donors (Lipinski definition) is 2. The first-order valence-electron chi connectivity index (χ1n) is 5.90. The fourth-order valence-electron chi connectivity index (χ4n) is 2.19. The lowest BCUT2D eigenvalue weighted by Gasteiger charge is -2.27. The van der Waals surface area contributed by atoms with Gasteiger partial charge in [0.2, 0.25) is 5.91 Å². The van der Waals surface area contributed by atoms with Crippen LogP contribution in [0.1, 0.15) is 6.42 Å². The topological polar surface area (TPSA) is 88.3 Å². The largest absolute Gasteiger partial charge is 0.399 e. The van der Waals surface area contributed by atoms with E-state index in [4.69, 9.17) is 5.73 Å². The van der Waals surface area contributed by atoms with Crippen LogP contribution in [0.25, 0.3) is 10.8 Å². The van der Waals surface area contributed by atoms with Crippen molar-refractivity contribution in [1.29, 1.82) is 0 Å². The molecular formula is C13H12N4O2. The van der Waals surface area contributed by atoms with Crippen molar-refractivity contribution in [3.8, 4) is 0 Å². The smallest absolute Gasteiger partial charge is 0.328 e. The van der Waals surface area contributed by atoms with Crippen LogP contribution >= 0.6 is 0 Å². The van der Waals surface area contributed by atoms with Crippen molar-refractivity contribution >= 4 is 34.1 Å². The number of amides is 3. The Balaban J connectivity index is 2.10. The number of benzene rings is 1. The molecule has 6 nitrogen and oxygen atoms in total. The summed E-state index contributed by atoms with van der Waals surface area (Å²) >= 11 is 0. The lowest BCUT2D eigenvalue weighted by atomic mass is 10.1. The number of hydrogen-bond acceptors (Lipinski definition) is 4. The second kappa shape index (κ2) is 4.24. The number of anilines is 2. The summed E-state index contributed by atoms with van der Waals surface area (Å²) in [7, 11) is 0. The number of nitrogens with one attached hydrogen (secondary N) is 1. The Hall–Kier alpha value is -2.63. The van der Waals surface area contributed by atoms with Crippen molar-refractivity contribution in [2.45, 2.75) is 6.42 Å². The molecule has 0 aliphatic carbocycles. The number of aromatic nitrogens is 1. The van der Waals surface area contributed by atoms with Gasteiger partial charge in [0.25, 0.3) is 0 Å². The molecule has 6 heteroatoms. The molecule has 0 saturated carbocycles. The number of nitrogen functional groups attached to an aromatic ring is 1. The predicted octanol–water partition coefficient (Wildman–Crippen LogP) is 1.26. The van der Waals surface area contributed by atoms with Gasteiger partial charge in [0.1, 0.15) is 0 Å². The van der Waals surface area contributed by atoms with Gasteiger partial charge in [-0.05, 0) is 12.1 Å². The maximum absolute atomic E-state index is 11.9. The van der Waals surface area contributed by atoms with Crippen LogP contribution in [0.2, 0.25) is 0 Å². The average molecular weight is 256 g/mol. The molecule has 0 atom stereocenters. The summed E-state index contributed by atoms with van der Waals surface area (Å²) in [4.78, 5) is 28.7. The van der Waals surface area contributed by atoms with E-state index in [1.807, 2.05) is 6.07 Å². The van der Waals surface area contributed by atoms with Gasteiger partial charge >= 0.3 is 6.03 Å². The first-order valence-corrected chi connectivity index (χ1v) is 5.90. The van der Waals surface area contributed by atoms with Crippen LogP contribution in [0.15, 0.2) is 30.6 Å². The van der Waals surface area contributed by atoms with Crippen LogP contribution in [-0.2, 0) is 4.79 Å².